The molecule has 0 aliphatic carbocycles. The number of rotatable bonds is 6. The van der Waals surface area contributed by atoms with Gasteiger partial charge in [0.25, 0.3) is 5.91 Å². The van der Waals surface area contributed by atoms with Crippen LogP contribution in [-0.2, 0) is 15.3 Å². The third kappa shape index (κ3) is 6.09. The lowest BCUT2D eigenvalue weighted by Gasteiger charge is -2.26. The van der Waals surface area contributed by atoms with Crippen molar-refractivity contribution in [2.45, 2.75) is 5.75 Å². The molecule has 0 radical (unpaired) electrons. The highest BCUT2D eigenvalue weighted by Crippen LogP contribution is 2.17. The predicted molar refractivity (Wildman–Crippen MR) is 112 cm³/mol. The first-order chi connectivity index (χ1) is 13.1. The monoisotopic (exact) mass is 448 g/mol. The van der Waals surface area contributed by atoms with Crippen molar-refractivity contribution in [3.8, 4) is 0 Å². The van der Waals surface area contributed by atoms with Crippen LogP contribution in [0, 0.1) is 0 Å². The Balaban J connectivity index is 1.45. The molecule has 1 saturated heterocycles. The molecular weight excluding hydrogens is 428 g/mol. The molecule has 0 unspecified atom stereocenters. The highest BCUT2D eigenvalue weighted by atomic mass is 79.9. The Labute approximate surface area is 171 Å². The van der Waals surface area contributed by atoms with Crippen LogP contribution in [0.1, 0.15) is 15.9 Å². The zero-order valence-corrected chi connectivity index (χ0v) is 17.2. The Hall–Kier alpha value is -1.83. The van der Waals surface area contributed by atoms with Gasteiger partial charge in [-0.1, -0.05) is 28.1 Å². The number of carbonyl (C=O) groups is 2. The molecule has 2 aromatic rings. The minimum absolute atomic E-state index is 0.00114. The number of nitrogens with one attached hydrogen (secondary N) is 1. The standard InChI is InChI=1S/C20H21BrN2O3S/c21-17-5-1-15(2-6-17)13-27-14-19(24)22-18-7-3-16(4-8-18)20(25)23-9-11-26-12-10-23/h1-8H,9-14H2,(H,22,24). The van der Waals surface area contributed by atoms with Gasteiger partial charge in [0.1, 0.15) is 0 Å². The number of halogens is 1. The van der Waals surface area contributed by atoms with Crippen molar-refractivity contribution >= 4 is 45.2 Å². The number of amides is 2. The third-order valence-corrected chi connectivity index (χ3v) is 5.66. The smallest absolute Gasteiger partial charge is 0.254 e. The van der Waals surface area contributed by atoms with E-state index < -0.39 is 0 Å². The summed E-state index contributed by atoms with van der Waals surface area (Å²) in [6.45, 7) is 2.40. The van der Waals surface area contributed by atoms with E-state index in [0.29, 0.717) is 43.3 Å². The summed E-state index contributed by atoms with van der Waals surface area (Å²) in [4.78, 5) is 26.3. The Morgan fingerprint density at radius 1 is 1.04 bits per heavy atom. The lowest BCUT2D eigenvalue weighted by molar-refractivity contribution is -0.113. The third-order valence-electron chi connectivity index (χ3n) is 4.13. The van der Waals surface area contributed by atoms with E-state index in [1.807, 2.05) is 24.3 Å². The van der Waals surface area contributed by atoms with E-state index in [9.17, 15) is 9.59 Å². The van der Waals surface area contributed by atoms with Gasteiger partial charge in [-0.25, -0.2) is 0 Å². The molecule has 0 atom stereocenters. The summed E-state index contributed by atoms with van der Waals surface area (Å²) in [7, 11) is 0. The van der Waals surface area contributed by atoms with Gasteiger partial charge in [-0.3, -0.25) is 9.59 Å². The van der Waals surface area contributed by atoms with E-state index in [-0.39, 0.29) is 11.8 Å². The lowest BCUT2D eigenvalue weighted by atomic mass is 10.1. The van der Waals surface area contributed by atoms with E-state index in [1.54, 1.807) is 40.9 Å². The molecule has 1 aliphatic rings. The van der Waals surface area contributed by atoms with Crippen LogP contribution in [0.3, 0.4) is 0 Å². The van der Waals surface area contributed by atoms with Crippen molar-refractivity contribution in [2.24, 2.45) is 0 Å². The second kappa shape index (κ2) is 9.92. The van der Waals surface area contributed by atoms with Crippen LogP contribution in [0.5, 0.6) is 0 Å². The topological polar surface area (TPSA) is 58.6 Å². The van der Waals surface area contributed by atoms with Crippen LogP contribution >= 0.6 is 27.7 Å². The van der Waals surface area contributed by atoms with Crippen LogP contribution < -0.4 is 5.32 Å². The quantitative estimate of drug-likeness (QED) is 0.729. The lowest BCUT2D eigenvalue weighted by Crippen LogP contribution is -2.40. The molecule has 1 heterocycles. The molecule has 2 aromatic carbocycles. The maximum atomic E-state index is 12.4. The Kier molecular flexibility index (Phi) is 7.32. The zero-order valence-electron chi connectivity index (χ0n) is 14.8. The molecule has 1 aliphatic heterocycles. The van der Waals surface area contributed by atoms with Crippen molar-refractivity contribution in [1.29, 1.82) is 0 Å². The van der Waals surface area contributed by atoms with E-state index >= 15 is 0 Å². The van der Waals surface area contributed by atoms with Crippen molar-refractivity contribution in [2.75, 3.05) is 37.4 Å². The fourth-order valence-electron chi connectivity index (χ4n) is 2.68. The fraction of sp³-hybridized carbons (Fsp3) is 0.300. The van der Waals surface area contributed by atoms with Crippen LogP contribution in [0.25, 0.3) is 0 Å². The van der Waals surface area contributed by atoms with Gasteiger partial charge in [0.05, 0.1) is 19.0 Å². The van der Waals surface area contributed by atoms with Crippen LogP contribution in [0.15, 0.2) is 53.0 Å². The zero-order chi connectivity index (χ0) is 19.1. The molecule has 5 nitrogen and oxygen atoms in total. The largest absolute Gasteiger partial charge is 0.378 e. The number of hydrogen-bond acceptors (Lipinski definition) is 4. The summed E-state index contributed by atoms with van der Waals surface area (Å²) in [5, 5.41) is 2.87. The molecule has 3 rings (SSSR count). The van der Waals surface area contributed by atoms with Gasteiger partial charge in [0.15, 0.2) is 0 Å². The Morgan fingerprint density at radius 3 is 2.37 bits per heavy atom. The second-order valence-corrected chi connectivity index (χ2v) is 8.05. The van der Waals surface area contributed by atoms with Gasteiger partial charge < -0.3 is 15.0 Å². The number of morpholine rings is 1. The number of thioether (sulfide) groups is 1. The molecule has 142 valence electrons. The summed E-state index contributed by atoms with van der Waals surface area (Å²) in [6.07, 6.45) is 0. The van der Waals surface area contributed by atoms with Gasteiger partial charge in [0.2, 0.25) is 5.91 Å². The normalized spacial score (nSPS) is 14.0. The minimum Gasteiger partial charge on any atom is -0.378 e. The second-order valence-electron chi connectivity index (χ2n) is 6.15. The molecule has 7 heteroatoms. The average Bonchev–Trinajstić information content (AvgIpc) is 2.70. The van der Waals surface area contributed by atoms with Crippen molar-refractivity contribution in [3.05, 3.63) is 64.1 Å². The summed E-state index contributed by atoms with van der Waals surface area (Å²) in [5.74, 6) is 1.11. The number of carbonyl (C=O) groups excluding carboxylic acids is 2. The molecule has 1 fully saturated rings. The van der Waals surface area contributed by atoms with Crippen molar-refractivity contribution in [3.63, 3.8) is 0 Å². The number of hydrogen-bond donors (Lipinski definition) is 1. The number of ether oxygens (including phenoxy) is 1. The first-order valence-corrected chi connectivity index (χ1v) is 10.7. The number of benzene rings is 2. The van der Waals surface area contributed by atoms with E-state index in [4.69, 9.17) is 4.74 Å². The number of anilines is 1. The molecular formula is C20H21BrN2O3S. The van der Waals surface area contributed by atoms with Crippen molar-refractivity contribution in [1.82, 2.24) is 4.90 Å². The van der Waals surface area contributed by atoms with Crippen LogP contribution in [0.4, 0.5) is 5.69 Å². The summed E-state index contributed by atoms with van der Waals surface area (Å²) < 4.78 is 6.31. The van der Waals surface area contributed by atoms with Gasteiger partial charge >= 0.3 is 0 Å². The first-order valence-electron chi connectivity index (χ1n) is 8.71. The Bertz CT molecular complexity index is 775. The maximum Gasteiger partial charge on any atom is 0.254 e. The van der Waals surface area contributed by atoms with E-state index in [0.717, 1.165) is 10.2 Å². The van der Waals surface area contributed by atoms with Crippen LogP contribution in [0.2, 0.25) is 0 Å². The Morgan fingerprint density at radius 2 is 1.70 bits per heavy atom. The number of nitrogens with zero attached hydrogens (tertiary/aromatic N) is 1. The van der Waals surface area contributed by atoms with Gasteiger partial charge in [0, 0.05) is 34.6 Å². The average molecular weight is 449 g/mol. The summed E-state index contributed by atoms with van der Waals surface area (Å²) in [6, 6.07) is 15.1. The predicted octanol–water partition coefficient (Wildman–Crippen LogP) is 3.79. The highest BCUT2D eigenvalue weighted by Gasteiger charge is 2.18. The van der Waals surface area contributed by atoms with Gasteiger partial charge in [-0.15, -0.1) is 11.8 Å². The van der Waals surface area contributed by atoms with Gasteiger partial charge in [-0.2, -0.15) is 0 Å². The first kappa shape index (κ1) is 19.9. The molecule has 27 heavy (non-hydrogen) atoms. The van der Waals surface area contributed by atoms with Crippen LogP contribution in [-0.4, -0.2) is 48.8 Å². The van der Waals surface area contributed by atoms with E-state index in [2.05, 4.69) is 21.2 Å². The highest BCUT2D eigenvalue weighted by molar-refractivity contribution is 9.10. The molecule has 0 spiro atoms. The van der Waals surface area contributed by atoms with Crippen molar-refractivity contribution < 1.29 is 14.3 Å². The molecule has 2 amide bonds. The molecule has 0 bridgehead atoms. The fourth-order valence-corrected chi connectivity index (χ4v) is 3.74. The maximum absolute atomic E-state index is 12.4. The minimum atomic E-state index is -0.0515. The molecule has 0 saturated carbocycles. The van der Waals surface area contributed by atoms with E-state index in [1.165, 1.54) is 5.56 Å². The summed E-state index contributed by atoms with van der Waals surface area (Å²) >= 11 is 4.98. The summed E-state index contributed by atoms with van der Waals surface area (Å²) in [5.41, 5.74) is 2.50. The molecule has 1 N–H and O–H groups in total. The molecule has 0 aromatic heterocycles. The SMILES string of the molecule is O=C(CSCc1ccc(Br)cc1)Nc1ccc(C(=O)N2CCOCC2)cc1. The van der Waals surface area contributed by atoms with Gasteiger partial charge in [-0.05, 0) is 42.0 Å².